The van der Waals surface area contributed by atoms with Gasteiger partial charge in [-0.25, -0.2) is 5.43 Å². The molecule has 1 atom stereocenters. The SMILES string of the molecule is NC(=O)C1CCCCCCCCC#CNNCCCCCC1. The van der Waals surface area contributed by atoms with Gasteiger partial charge in [0.05, 0.1) is 0 Å². The Kier molecular flexibility index (Phi) is 11.5. The van der Waals surface area contributed by atoms with Gasteiger partial charge in [-0.05, 0) is 25.7 Å². The summed E-state index contributed by atoms with van der Waals surface area (Å²) in [6.07, 6.45) is 14.9. The maximum absolute atomic E-state index is 11.5. The van der Waals surface area contributed by atoms with Crippen molar-refractivity contribution in [2.45, 2.75) is 83.5 Å². The zero-order chi connectivity index (χ0) is 15.9. The van der Waals surface area contributed by atoms with Crippen molar-refractivity contribution in [3.05, 3.63) is 0 Å². The van der Waals surface area contributed by atoms with E-state index in [4.69, 9.17) is 5.73 Å². The highest BCUT2D eigenvalue weighted by atomic mass is 16.1. The van der Waals surface area contributed by atoms with Crippen LogP contribution in [0.2, 0.25) is 0 Å². The molecule has 1 aliphatic heterocycles. The summed E-state index contributed by atoms with van der Waals surface area (Å²) < 4.78 is 0. The minimum Gasteiger partial charge on any atom is -0.369 e. The summed E-state index contributed by atoms with van der Waals surface area (Å²) in [7, 11) is 0. The number of rotatable bonds is 1. The van der Waals surface area contributed by atoms with Crippen LogP contribution >= 0.6 is 0 Å². The molecule has 1 unspecified atom stereocenters. The van der Waals surface area contributed by atoms with Crippen LogP contribution in [0.5, 0.6) is 0 Å². The molecule has 22 heavy (non-hydrogen) atoms. The number of hydrogen-bond donors (Lipinski definition) is 3. The third kappa shape index (κ3) is 10.5. The number of hydrazine groups is 1. The molecule has 0 aromatic carbocycles. The molecule has 0 saturated heterocycles. The van der Waals surface area contributed by atoms with Gasteiger partial charge in [-0.3, -0.25) is 10.2 Å². The molecule has 4 heteroatoms. The van der Waals surface area contributed by atoms with Crippen LogP contribution in [0.25, 0.3) is 0 Å². The minimum absolute atomic E-state index is 0.0928. The maximum Gasteiger partial charge on any atom is 0.220 e. The van der Waals surface area contributed by atoms with Gasteiger partial charge < -0.3 is 5.73 Å². The van der Waals surface area contributed by atoms with Crippen LogP contribution in [0, 0.1) is 17.9 Å². The summed E-state index contributed by atoms with van der Waals surface area (Å²) in [6.45, 7) is 0.938. The van der Waals surface area contributed by atoms with Crippen molar-refractivity contribution in [1.29, 1.82) is 0 Å². The number of primary amides is 1. The third-order valence-electron chi connectivity index (χ3n) is 4.35. The van der Waals surface area contributed by atoms with Gasteiger partial charge in [-0.1, -0.05) is 57.3 Å². The highest BCUT2D eigenvalue weighted by Gasteiger charge is 2.14. The van der Waals surface area contributed by atoms with E-state index in [2.05, 4.69) is 22.8 Å². The lowest BCUT2D eigenvalue weighted by atomic mass is 9.94. The zero-order valence-corrected chi connectivity index (χ0v) is 14.0. The van der Waals surface area contributed by atoms with Crippen molar-refractivity contribution in [3.63, 3.8) is 0 Å². The first-order valence-electron chi connectivity index (χ1n) is 9.06. The first-order chi connectivity index (χ1) is 10.8. The van der Waals surface area contributed by atoms with E-state index in [9.17, 15) is 4.79 Å². The molecule has 4 nitrogen and oxygen atoms in total. The molecule has 0 fully saturated rings. The summed E-state index contributed by atoms with van der Waals surface area (Å²) in [4.78, 5) is 11.5. The Labute approximate surface area is 136 Å². The Morgan fingerprint density at radius 3 is 2.14 bits per heavy atom. The van der Waals surface area contributed by atoms with Crippen LogP contribution in [0.15, 0.2) is 0 Å². The molecular formula is C18H33N3O. The number of nitrogens with two attached hydrogens (primary N) is 1. The van der Waals surface area contributed by atoms with Crippen molar-refractivity contribution in [2.75, 3.05) is 6.54 Å². The van der Waals surface area contributed by atoms with Crippen LogP contribution < -0.4 is 16.6 Å². The quantitative estimate of drug-likeness (QED) is 0.652. The van der Waals surface area contributed by atoms with Gasteiger partial charge in [0.1, 0.15) is 0 Å². The molecule has 1 amide bonds. The molecule has 0 bridgehead atoms. The second-order valence-corrected chi connectivity index (χ2v) is 6.32. The van der Waals surface area contributed by atoms with Crippen molar-refractivity contribution >= 4 is 5.91 Å². The summed E-state index contributed by atoms with van der Waals surface area (Å²) >= 11 is 0. The predicted molar refractivity (Wildman–Crippen MR) is 91.6 cm³/mol. The molecule has 0 aromatic heterocycles. The Balaban J connectivity index is 2.28. The van der Waals surface area contributed by atoms with Crippen LogP contribution in [-0.4, -0.2) is 12.5 Å². The highest BCUT2D eigenvalue weighted by Crippen LogP contribution is 2.18. The summed E-state index contributed by atoms with van der Waals surface area (Å²) in [5.74, 6) is 3.13. The van der Waals surface area contributed by atoms with E-state index in [-0.39, 0.29) is 11.8 Å². The van der Waals surface area contributed by atoms with Crippen molar-refractivity contribution in [2.24, 2.45) is 11.7 Å². The van der Waals surface area contributed by atoms with Gasteiger partial charge in [0.25, 0.3) is 0 Å². The fourth-order valence-corrected chi connectivity index (χ4v) is 2.91. The standard InChI is InChI=1S/C18H33N3O/c19-18(22)17-13-9-5-3-1-2-4-7-11-15-20-21-16-12-8-6-10-14-17/h17,20-21H,1-10,12-14,16H2,(H2,19,22). The first-order valence-corrected chi connectivity index (χ1v) is 9.06. The van der Waals surface area contributed by atoms with E-state index in [1.165, 1.54) is 44.9 Å². The van der Waals surface area contributed by atoms with Gasteiger partial charge in [0, 0.05) is 24.9 Å². The molecule has 4 N–H and O–H groups in total. The van der Waals surface area contributed by atoms with Crippen LogP contribution in [0.1, 0.15) is 83.5 Å². The van der Waals surface area contributed by atoms with E-state index in [0.29, 0.717) is 0 Å². The first kappa shape index (κ1) is 18.8. The van der Waals surface area contributed by atoms with Crippen molar-refractivity contribution < 1.29 is 4.79 Å². The summed E-state index contributed by atoms with van der Waals surface area (Å²) in [6, 6.07) is 2.96. The van der Waals surface area contributed by atoms with E-state index in [0.717, 1.165) is 45.1 Å². The van der Waals surface area contributed by atoms with Crippen molar-refractivity contribution in [3.8, 4) is 12.0 Å². The lowest BCUT2D eigenvalue weighted by Gasteiger charge is -2.13. The van der Waals surface area contributed by atoms with Crippen LogP contribution in [0.4, 0.5) is 0 Å². The smallest absolute Gasteiger partial charge is 0.220 e. The van der Waals surface area contributed by atoms with Crippen molar-refractivity contribution in [1.82, 2.24) is 10.9 Å². The molecule has 1 rings (SSSR count). The molecule has 0 radical (unpaired) electrons. The number of carbonyl (C=O) groups excluding carboxylic acids is 1. The molecular weight excluding hydrogens is 274 g/mol. The van der Waals surface area contributed by atoms with E-state index in [1.54, 1.807) is 0 Å². The minimum atomic E-state index is -0.103. The lowest BCUT2D eigenvalue weighted by Crippen LogP contribution is -2.28. The lowest BCUT2D eigenvalue weighted by molar-refractivity contribution is -0.122. The van der Waals surface area contributed by atoms with E-state index >= 15 is 0 Å². The zero-order valence-electron chi connectivity index (χ0n) is 14.0. The molecule has 1 aliphatic rings. The number of amides is 1. The molecule has 0 spiro atoms. The normalized spacial score (nSPS) is 23.7. The Bertz CT molecular complexity index is 322. The average molecular weight is 307 g/mol. The molecule has 1 heterocycles. The largest absolute Gasteiger partial charge is 0.369 e. The number of carbonyl (C=O) groups is 1. The number of nitrogens with one attached hydrogen (secondary N) is 2. The fourth-order valence-electron chi connectivity index (χ4n) is 2.91. The number of hydrogen-bond acceptors (Lipinski definition) is 3. The van der Waals surface area contributed by atoms with Crippen LogP contribution in [0.3, 0.4) is 0 Å². The van der Waals surface area contributed by atoms with Gasteiger partial charge >= 0.3 is 0 Å². The average Bonchev–Trinajstić information content (AvgIpc) is 2.50. The topological polar surface area (TPSA) is 67.2 Å². The van der Waals surface area contributed by atoms with Crippen LogP contribution in [-0.2, 0) is 4.79 Å². The van der Waals surface area contributed by atoms with Gasteiger partial charge in [-0.15, -0.1) is 0 Å². The van der Waals surface area contributed by atoms with E-state index < -0.39 is 0 Å². The predicted octanol–water partition coefficient (Wildman–Crippen LogP) is 3.23. The molecule has 0 aliphatic carbocycles. The van der Waals surface area contributed by atoms with Gasteiger partial charge in [0.15, 0.2) is 0 Å². The van der Waals surface area contributed by atoms with E-state index in [1.807, 2.05) is 0 Å². The second kappa shape index (κ2) is 13.5. The Morgan fingerprint density at radius 1 is 0.864 bits per heavy atom. The molecule has 126 valence electrons. The Hall–Kier alpha value is -1.21. The summed E-state index contributed by atoms with van der Waals surface area (Å²) in [5.41, 5.74) is 11.6. The third-order valence-corrected chi connectivity index (χ3v) is 4.35. The van der Waals surface area contributed by atoms with Gasteiger partial charge in [-0.2, -0.15) is 0 Å². The second-order valence-electron chi connectivity index (χ2n) is 6.32. The highest BCUT2D eigenvalue weighted by molar-refractivity contribution is 5.76. The molecule has 0 saturated carbocycles. The maximum atomic E-state index is 11.5. The molecule has 0 aromatic rings. The fraction of sp³-hybridized carbons (Fsp3) is 0.833. The monoisotopic (exact) mass is 307 g/mol. The summed E-state index contributed by atoms with van der Waals surface area (Å²) in [5, 5.41) is 0. The Morgan fingerprint density at radius 2 is 1.45 bits per heavy atom. The van der Waals surface area contributed by atoms with Gasteiger partial charge in [0.2, 0.25) is 5.91 Å².